The van der Waals surface area contributed by atoms with Crippen LogP contribution in [0.2, 0.25) is 0 Å². The minimum absolute atomic E-state index is 0.0334. The van der Waals surface area contributed by atoms with Crippen LogP contribution in [0.1, 0.15) is 157 Å². The maximum absolute atomic E-state index is 15.6. The first-order valence-electron chi connectivity index (χ1n) is 21.6. The molecule has 0 radical (unpaired) electrons. The Labute approximate surface area is 332 Å². The predicted octanol–water partition coefficient (Wildman–Crippen LogP) is 13.7. The standard InChI is InChI=1S/C50H66O5/c1-5-9-13-21-33-52-45-31-29-39(37-47(45)54-35-23-15-11-7-3)50(44-28-20-19-26-42(44)41-25-17-18-27-43(41)49(50)51)40-30-32-46(53-34-22-14-10-6-2)48(38-40)55-36-24-16-12-8-4/h17-20,25-32,37-38H,5-16,21-24,33-36H2,1-4H3. The summed E-state index contributed by atoms with van der Waals surface area (Å²) in [4.78, 5) is 15.6. The minimum Gasteiger partial charge on any atom is -0.490 e. The monoisotopic (exact) mass is 746 g/mol. The van der Waals surface area contributed by atoms with Crippen LogP contribution < -0.4 is 18.9 Å². The topological polar surface area (TPSA) is 54.0 Å². The summed E-state index contributed by atoms with van der Waals surface area (Å²) in [6.07, 6.45) is 17.9. The van der Waals surface area contributed by atoms with Gasteiger partial charge in [-0.3, -0.25) is 4.79 Å². The summed E-state index contributed by atoms with van der Waals surface area (Å²) < 4.78 is 26.0. The molecule has 0 fully saturated rings. The number of unbranched alkanes of at least 4 members (excludes halogenated alkanes) is 12. The number of rotatable bonds is 26. The number of carbonyl (C=O) groups excluding carboxylic acids is 1. The number of hydrogen-bond donors (Lipinski definition) is 0. The predicted molar refractivity (Wildman–Crippen MR) is 228 cm³/mol. The summed E-state index contributed by atoms with van der Waals surface area (Å²) in [5.74, 6) is 2.86. The highest BCUT2D eigenvalue weighted by molar-refractivity contribution is 6.16. The van der Waals surface area contributed by atoms with Gasteiger partial charge in [-0.05, 0) is 77.8 Å². The molecule has 0 N–H and O–H groups in total. The summed E-state index contributed by atoms with van der Waals surface area (Å²) in [6.45, 7) is 11.3. The lowest BCUT2D eigenvalue weighted by Gasteiger charge is -2.40. The number of ether oxygens (including phenoxy) is 4. The van der Waals surface area contributed by atoms with Crippen LogP contribution in [0.3, 0.4) is 0 Å². The summed E-state index contributed by atoms with van der Waals surface area (Å²) in [5, 5.41) is 0. The summed E-state index contributed by atoms with van der Waals surface area (Å²) in [5.41, 5.74) is 4.18. The van der Waals surface area contributed by atoms with Gasteiger partial charge in [0.05, 0.1) is 26.4 Å². The number of fused-ring (bicyclic) bond motifs is 3. The zero-order valence-electron chi connectivity index (χ0n) is 34.3. The number of ketones is 1. The second-order valence-electron chi connectivity index (χ2n) is 15.1. The molecule has 4 aromatic rings. The number of benzene rings is 4. The SMILES string of the molecule is CCCCCCOc1ccc(C2(c3ccc(OCCCCCC)c(OCCCCCC)c3)C(=O)c3ccccc3-c3ccccc32)cc1OCCCCCC. The van der Waals surface area contributed by atoms with Crippen molar-refractivity contribution in [1.29, 1.82) is 0 Å². The van der Waals surface area contributed by atoms with Crippen molar-refractivity contribution in [3.8, 4) is 34.1 Å². The van der Waals surface area contributed by atoms with Gasteiger partial charge in [-0.25, -0.2) is 0 Å². The fourth-order valence-corrected chi connectivity index (χ4v) is 7.82. The van der Waals surface area contributed by atoms with Gasteiger partial charge >= 0.3 is 0 Å². The smallest absolute Gasteiger partial charge is 0.182 e. The number of hydrogen-bond acceptors (Lipinski definition) is 5. The largest absolute Gasteiger partial charge is 0.490 e. The van der Waals surface area contributed by atoms with Crippen molar-refractivity contribution in [2.75, 3.05) is 26.4 Å². The lowest BCUT2D eigenvalue weighted by atomic mass is 9.60. The Bertz CT molecular complexity index is 1680. The van der Waals surface area contributed by atoms with E-state index in [9.17, 15) is 0 Å². The van der Waals surface area contributed by atoms with Crippen LogP contribution in [0.15, 0.2) is 84.9 Å². The molecule has 0 atom stereocenters. The van der Waals surface area contributed by atoms with Crippen molar-refractivity contribution in [3.63, 3.8) is 0 Å². The van der Waals surface area contributed by atoms with E-state index in [0.717, 1.165) is 90.7 Å². The molecule has 5 heteroatoms. The Morgan fingerprint density at radius 2 is 0.782 bits per heavy atom. The third kappa shape index (κ3) is 10.5. The second-order valence-corrected chi connectivity index (χ2v) is 15.1. The number of Topliss-reactive ketones (excluding diaryl/α,β-unsaturated/α-hetero) is 1. The molecular weight excluding hydrogens is 681 g/mol. The Morgan fingerprint density at radius 1 is 0.400 bits per heavy atom. The highest BCUT2D eigenvalue weighted by atomic mass is 16.5. The van der Waals surface area contributed by atoms with E-state index in [4.69, 9.17) is 18.9 Å². The van der Waals surface area contributed by atoms with Crippen LogP contribution >= 0.6 is 0 Å². The zero-order chi connectivity index (χ0) is 38.7. The Morgan fingerprint density at radius 3 is 1.22 bits per heavy atom. The normalized spacial score (nSPS) is 12.9. The van der Waals surface area contributed by atoms with Crippen molar-refractivity contribution < 1.29 is 23.7 Å². The van der Waals surface area contributed by atoms with Crippen LogP contribution in [0.25, 0.3) is 11.1 Å². The third-order valence-electron chi connectivity index (χ3n) is 10.9. The highest BCUT2D eigenvalue weighted by Gasteiger charge is 2.49. The summed E-state index contributed by atoms with van der Waals surface area (Å²) in [6, 6.07) is 28.8. The average Bonchev–Trinajstić information content (AvgIpc) is 3.22. The molecule has 4 aromatic carbocycles. The van der Waals surface area contributed by atoms with Gasteiger partial charge in [0, 0.05) is 5.56 Å². The van der Waals surface area contributed by atoms with Crippen molar-refractivity contribution in [2.24, 2.45) is 0 Å². The van der Waals surface area contributed by atoms with Crippen LogP contribution in [0, 0.1) is 0 Å². The Hall–Kier alpha value is -4.25. The van der Waals surface area contributed by atoms with Crippen molar-refractivity contribution in [1.82, 2.24) is 0 Å². The molecule has 0 amide bonds. The number of carbonyl (C=O) groups is 1. The first kappa shape index (κ1) is 41.9. The van der Waals surface area contributed by atoms with Gasteiger partial charge in [0.15, 0.2) is 28.8 Å². The van der Waals surface area contributed by atoms with Crippen molar-refractivity contribution in [2.45, 2.75) is 136 Å². The summed E-state index contributed by atoms with van der Waals surface area (Å²) in [7, 11) is 0. The molecule has 5 rings (SSSR count). The van der Waals surface area contributed by atoms with E-state index in [2.05, 4.69) is 76.2 Å². The second kappa shape index (κ2) is 22.3. The Kier molecular flexibility index (Phi) is 17.0. The Balaban J connectivity index is 1.65. The van der Waals surface area contributed by atoms with Crippen molar-refractivity contribution >= 4 is 5.78 Å². The zero-order valence-corrected chi connectivity index (χ0v) is 34.3. The lowest BCUT2D eigenvalue weighted by molar-refractivity contribution is 0.0933. The van der Waals surface area contributed by atoms with E-state index in [1.54, 1.807) is 0 Å². The molecule has 0 saturated heterocycles. The first-order valence-corrected chi connectivity index (χ1v) is 21.6. The van der Waals surface area contributed by atoms with Crippen molar-refractivity contribution in [3.05, 3.63) is 107 Å². The van der Waals surface area contributed by atoms with E-state index >= 15 is 4.79 Å². The molecule has 0 aromatic heterocycles. The van der Waals surface area contributed by atoms with E-state index in [-0.39, 0.29) is 5.78 Å². The molecule has 0 bridgehead atoms. The van der Waals surface area contributed by atoms with E-state index in [0.29, 0.717) is 43.5 Å². The van der Waals surface area contributed by atoms with Gasteiger partial charge in [-0.1, -0.05) is 165 Å². The van der Waals surface area contributed by atoms with Gasteiger partial charge in [-0.2, -0.15) is 0 Å². The third-order valence-corrected chi connectivity index (χ3v) is 10.9. The fraction of sp³-hybridized carbons (Fsp3) is 0.500. The van der Waals surface area contributed by atoms with Gasteiger partial charge in [0.25, 0.3) is 0 Å². The minimum atomic E-state index is -1.18. The maximum Gasteiger partial charge on any atom is 0.182 e. The van der Waals surface area contributed by atoms with Gasteiger partial charge in [-0.15, -0.1) is 0 Å². The maximum atomic E-state index is 15.6. The molecule has 0 saturated carbocycles. The molecule has 0 spiro atoms. The quantitative estimate of drug-likeness (QED) is 0.0599. The first-order chi connectivity index (χ1) is 27.1. The van der Waals surface area contributed by atoms with Crippen LogP contribution in [-0.4, -0.2) is 32.2 Å². The molecular formula is C50H66O5. The van der Waals surface area contributed by atoms with Gasteiger partial charge in [0.2, 0.25) is 0 Å². The van der Waals surface area contributed by atoms with E-state index in [1.807, 2.05) is 36.4 Å². The molecule has 296 valence electrons. The van der Waals surface area contributed by atoms with Crippen LogP contribution in [0.5, 0.6) is 23.0 Å². The average molecular weight is 747 g/mol. The van der Waals surface area contributed by atoms with Gasteiger partial charge < -0.3 is 18.9 Å². The lowest BCUT2D eigenvalue weighted by Crippen LogP contribution is -2.41. The molecule has 1 aliphatic rings. The molecule has 0 unspecified atom stereocenters. The van der Waals surface area contributed by atoms with Crippen LogP contribution in [0.4, 0.5) is 0 Å². The molecule has 0 heterocycles. The molecule has 55 heavy (non-hydrogen) atoms. The van der Waals surface area contributed by atoms with Gasteiger partial charge in [0.1, 0.15) is 5.41 Å². The van der Waals surface area contributed by atoms with Crippen LogP contribution in [-0.2, 0) is 5.41 Å². The fourth-order valence-electron chi connectivity index (χ4n) is 7.82. The highest BCUT2D eigenvalue weighted by Crippen LogP contribution is 2.53. The van der Waals surface area contributed by atoms with E-state index in [1.165, 1.54) is 51.4 Å². The molecule has 0 aliphatic heterocycles. The van der Waals surface area contributed by atoms with E-state index < -0.39 is 5.41 Å². The summed E-state index contributed by atoms with van der Waals surface area (Å²) >= 11 is 0. The molecule has 1 aliphatic carbocycles. The molecule has 5 nitrogen and oxygen atoms in total.